The minimum Gasteiger partial charge on any atom is -0.743 e. The van der Waals surface area contributed by atoms with Crippen LogP contribution < -0.4 is 0 Å². The zero-order valence-corrected chi connectivity index (χ0v) is 36.2. The Bertz CT molecular complexity index is 2500. The fourth-order valence-corrected chi connectivity index (χ4v) is 8.18. The summed E-state index contributed by atoms with van der Waals surface area (Å²) in [5, 5.41) is -14.1. The number of rotatable bonds is 11. The standard InChI is InChI=1S/C30H22IS.2C4HF9O3S/c31-27-19-15-25(16-20-27)23-11-13-24(14-12-23)26-17-21-30(22-18-26)32(28-7-3-1-4-8-28)29-9-5-2-6-10-29;2*5-1(6,3(9,10)11)2(7,8)4(12,13)17(14,15)16/h1-22H;2*(H,14,15,16)/q+1;;/p-1. The first kappa shape index (κ1) is 56.1. The molecule has 0 fully saturated rings. The average molecular weight is 1140 g/mol. The highest BCUT2D eigenvalue weighted by atomic mass is 127. The van der Waals surface area contributed by atoms with Gasteiger partial charge in [0, 0.05) is 3.57 Å². The molecular weight excluding hydrogens is 1120 g/mol. The molecule has 6 nitrogen and oxygen atoms in total. The lowest BCUT2D eigenvalue weighted by Crippen LogP contribution is -2.63. The third-order valence-corrected chi connectivity index (χ3v) is 13.1. The lowest BCUT2D eigenvalue weighted by atomic mass is 10.0. The van der Waals surface area contributed by atoms with E-state index in [1.807, 2.05) is 0 Å². The highest BCUT2D eigenvalue weighted by molar-refractivity contribution is 14.1. The maximum absolute atomic E-state index is 12.2. The van der Waals surface area contributed by atoms with E-state index >= 15 is 0 Å². The van der Waals surface area contributed by atoms with E-state index in [1.54, 1.807) is 0 Å². The Balaban J connectivity index is 0.000000291. The van der Waals surface area contributed by atoms with Gasteiger partial charge in [0.05, 0.1) is 10.9 Å². The Morgan fingerprint density at radius 2 is 0.652 bits per heavy atom. The van der Waals surface area contributed by atoms with Gasteiger partial charge in [-0.3, -0.25) is 4.55 Å². The molecular formula is C38H23F18IO6S3. The summed E-state index contributed by atoms with van der Waals surface area (Å²) in [6.45, 7) is 0. The highest BCUT2D eigenvalue weighted by Crippen LogP contribution is 2.55. The molecule has 0 saturated carbocycles. The topological polar surface area (TPSA) is 112 Å². The van der Waals surface area contributed by atoms with Crippen molar-refractivity contribution in [2.75, 3.05) is 0 Å². The summed E-state index contributed by atoms with van der Waals surface area (Å²) in [5.41, 5.74) is 4.98. The average Bonchev–Trinajstić information content (AvgIpc) is 3.21. The van der Waals surface area contributed by atoms with Crippen molar-refractivity contribution in [1.82, 2.24) is 0 Å². The molecule has 0 aliphatic heterocycles. The Labute approximate surface area is 377 Å². The normalized spacial score (nSPS) is 13.6. The Kier molecular flexibility index (Phi) is 16.8. The van der Waals surface area contributed by atoms with Crippen molar-refractivity contribution in [3.63, 3.8) is 0 Å². The maximum atomic E-state index is 12.2. The number of alkyl halides is 18. The lowest BCUT2D eigenvalue weighted by Gasteiger charge is -2.34. The van der Waals surface area contributed by atoms with Gasteiger partial charge in [0.15, 0.2) is 24.8 Å². The second-order valence-corrected chi connectivity index (χ2v) is 19.0. The van der Waals surface area contributed by atoms with E-state index in [0.29, 0.717) is 0 Å². The van der Waals surface area contributed by atoms with Gasteiger partial charge in [-0.05, 0) is 106 Å². The first-order valence-corrected chi connectivity index (χ1v) is 22.1. The molecule has 0 spiro atoms. The van der Waals surface area contributed by atoms with Crippen LogP contribution in [0.15, 0.2) is 148 Å². The number of benzene rings is 5. The number of hydrogen-bond donors (Lipinski definition) is 1. The van der Waals surface area contributed by atoms with Crippen molar-refractivity contribution in [2.24, 2.45) is 0 Å². The fraction of sp³-hybridized carbons (Fsp3) is 0.211. The number of halogens is 19. The fourth-order valence-electron chi connectivity index (χ4n) is 4.84. The van der Waals surface area contributed by atoms with Crippen LogP contribution in [0.5, 0.6) is 0 Å². The van der Waals surface area contributed by atoms with Gasteiger partial charge < -0.3 is 4.55 Å². The van der Waals surface area contributed by atoms with Crippen molar-refractivity contribution >= 4 is 53.7 Å². The summed E-state index contributed by atoms with van der Waals surface area (Å²) in [6, 6.07) is 48.2. The number of hydrogen-bond acceptors (Lipinski definition) is 5. The molecule has 0 atom stereocenters. The van der Waals surface area contributed by atoms with Crippen LogP contribution in [0.2, 0.25) is 0 Å². The summed E-state index contributed by atoms with van der Waals surface area (Å²) in [4.78, 5) is 4.02. The van der Waals surface area contributed by atoms with Crippen LogP contribution in [0.4, 0.5) is 79.0 Å². The van der Waals surface area contributed by atoms with E-state index < -0.39 is 66.8 Å². The summed E-state index contributed by atoms with van der Waals surface area (Å²) >= 11 is 2.34. The molecule has 0 saturated heterocycles. The quantitative estimate of drug-likeness (QED) is 0.0610. The molecule has 5 rings (SSSR count). The molecule has 0 radical (unpaired) electrons. The summed E-state index contributed by atoms with van der Waals surface area (Å²) in [7, 11) is -14.7. The summed E-state index contributed by atoms with van der Waals surface area (Å²) in [5.74, 6) is -29.5. The van der Waals surface area contributed by atoms with E-state index in [0.717, 1.165) is 0 Å². The van der Waals surface area contributed by atoms with Crippen molar-refractivity contribution in [1.29, 1.82) is 0 Å². The molecule has 0 heterocycles. The maximum Gasteiger partial charge on any atom is 0.460 e. The summed E-state index contributed by atoms with van der Waals surface area (Å²) in [6.07, 6.45) is -14.3. The van der Waals surface area contributed by atoms with E-state index in [-0.39, 0.29) is 10.9 Å². The minimum absolute atomic E-state index is 0.110. The van der Waals surface area contributed by atoms with Gasteiger partial charge in [-0.15, -0.1) is 0 Å². The Morgan fingerprint density at radius 3 is 0.924 bits per heavy atom. The molecule has 0 aliphatic rings. The van der Waals surface area contributed by atoms with Gasteiger partial charge in [0.2, 0.25) is 0 Å². The van der Waals surface area contributed by atoms with Crippen molar-refractivity contribution in [2.45, 2.75) is 61.2 Å². The van der Waals surface area contributed by atoms with Crippen LogP contribution in [0, 0.1) is 3.57 Å². The molecule has 1 N–H and O–H groups in total. The van der Waals surface area contributed by atoms with Crippen LogP contribution in [-0.4, -0.2) is 72.5 Å². The molecule has 66 heavy (non-hydrogen) atoms. The van der Waals surface area contributed by atoms with Gasteiger partial charge in [-0.1, -0.05) is 72.8 Å². The first-order chi connectivity index (χ1) is 29.8. The Morgan fingerprint density at radius 1 is 0.394 bits per heavy atom. The molecule has 0 aromatic heterocycles. The molecule has 0 aliphatic carbocycles. The van der Waals surface area contributed by atoms with Crippen LogP contribution in [0.1, 0.15) is 0 Å². The SMILES string of the molecule is Ic1ccc(-c2ccc(-c3ccc([S+](c4ccccc4)c4ccccc4)cc3)cc2)cc1.O=S(=O)(O)C(F)(F)C(F)(F)C(F)(F)C(F)(F)F.O=S(=O)([O-])C(F)(F)C(F)(F)C(F)(F)C(F)(F)F. The van der Waals surface area contributed by atoms with E-state index in [9.17, 15) is 100 Å². The van der Waals surface area contributed by atoms with Crippen LogP contribution in [-0.2, 0) is 31.1 Å². The molecule has 5 aromatic carbocycles. The third-order valence-electron chi connectivity index (χ3n) is 8.31. The van der Waals surface area contributed by atoms with Crippen molar-refractivity contribution < 1.29 is 105 Å². The summed E-state index contributed by atoms with van der Waals surface area (Å²) < 4.78 is 271. The molecule has 362 valence electrons. The van der Waals surface area contributed by atoms with Crippen LogP contribution >= 0.6 is 22.6 Å². The van der Waals surface area contributed by atoms with Gasteiger partial charge in [0.25, 0.3) is 0 Å². The van der Waals surface area contributed by atoms with Crippen LogP contribution in [0.25, 0.3) is 22.3 Å². The zero-order chi connectivity index (χ0) is 50.8. The molecule has 5 aromatic rings. The largest absolute Gasteiger partial charge is 0.743 e. The Hall–Kier alpha value is -4.26. The van der Waals surface area contributed by atoms with E-state index in [4.69, 9.17) is 4.55 Å². The smallest absolute Gasteiger partial charge is 0.460 e. The molecule has 28 heteroatoms. The van der Waals surface area contributed by atoms with Crippen molar-refractivity contribution in [3.8, 4) is 22.3 Å². The predicted octanol–water partition coefficient (Wildman–Crippen LogP) is 13.0. The minimum atomic E-state index is -7.43. The lowest BCUT2D eigenvalue weighted by molar-refractivity contribution is -0.382. The monoisotopic (exact) mass is 1140 g/mol. The predicted molar refractivity (Wildman–Crippen MR) is 208 cm³/mol. The zero-order valence-electron chi connectivity index (χ0n) is 31.6. The van der Waals surface area contributed by atoms with Crippen LogP contribution in [0.3, 0.4) is 0 Å². The van der Waals surface area contributed by atoms with Gasteiger partial charge in [-0.25, -0.2) is 8.42 Å². The molecule has 0 amide bonds. The molecule has 0 bridgehead atoms. The van der Waals surface area contributed by atoms with Gasteiger partial charge >= 0.3 is 56.7 Å². The van der Waals surface area contributed by atoms with E-state index in [2.05, 4.69) is 156 Å². The second-order valence-electron chi connectivity index (χ2n) is 12.8. The van der Waals surface area contributed by atoms with Gasteiger partial charge in [-0.2, -0.15) is 87.4 Å². The molecule has 0 unspecified atom stereocenters. The van der Waals surface area contributed by atoms with Crippen molar-refractivity contribution in [3.05, 3.63) is 137 Å². The first-order valence-electron chi connectivity index (χ1n) is 16.9. The van der Waals surface area contributed by atoms with E-state index in [1.165, 1.54) is 40.5 Å². The highest BCUT2D eigenvalue weighted by Gasteiger charge is 2.86. The van der Waals surface area contributed by atoms with Gasteiger partial charge in [0.1, 0.15) is 0 Å². The second kappa shape index (κ2) is 19.8. The third kappa shape index (κ3) is 11.5.